The number of hydrogen-bond donors (Lipinski definition) is 1. The molecule has 0 unspecified atom stereocenters. The van der Waals surface area contributed by atoms with Crippen molar-refractivity contribution >= 4 is 27.2 Å². The van der Waals surface area contributed by atoms with Gasteiger partial charge in [0.25, 0.3) is 0 Å². The lowest BCUT2D eigenvalue weighted by Crippen LogP contribution is -1.97. The summed E-state index contributed by atoms with van der Waals surface area (Å²) >= 11 is 1.64. The summed E-state index contributed by atoms with van der Waals surface area (Å²) in [5, 5.41) is 6.24. The summed E-state index contributed by atoms with van der Waals surface area (Å²) in [6, 6.07) is 3.85. The van der Waals surface area contributed by atoms with Gasteiger partial charge in [0.2, 0.25) is 0 Å². The van der Waals surface area contributed by atoms with Crippen LogP contribution in [0.2, 0.25) is 0 Å². The standard InChI is InChI=1S/C12H12N4S/c1-7-6-17-12-8(13)5-9(15-11(7)12)10-3-4-14-16(10)2/h3-6H,1-2H3,(H2,13,15). The first-order valence-corrected chi connectivity index (χ1v) is 6.17. The second-order valence-corrected chi connectivity index (χ2v) is 4.91. The average molecular weight is 244 g/mol. The summed E-state index contributed by atoms with van der Waals surface area (Å²) in [4.78, 5) is 4.67. The van der Waals surface area contributed by atoms with Crippen molar-refractivity contribution in [3.63, 3.8) is 0 Å². The number of nitrogens with zero attached hydrogens (tertiary/aromatic N) is 3. The Morgan fingerprint density at radius 3 is 2.94 bits per heavy atom. The number of rotatable bonds is 1. The molecule has 0 saturated heterocycles. The van der Waals surface area contributed by atoms with Crippen LogP contribution in [0.1, 0.15) is 5.56 Å². The summed E-state index contributed by atoms with van der Waals surface area (Å²) in [5.74, 6) is 0. The van der Waals surface area contributed by atoms with Gasteiger partial charge in [-0.2, -0.15) is 5.10 Å². The average Bonchev–Trinajstić information content (AvgIpc) is 2.86. The van der Waals surface area contributed by atoms with Gasteiger partial charge in [0.05, 0.1) is 27.3 Å². The normalized spacial score (nSPS) is 11.2. The molecule has 0 atom stereocenters. The van der Waals surface area contributed by atoms with Gasteiger partial charge in [-0.25, -0.2) is 4.98 Å². The number of hydrogen-bond acceptors (Lipinski definition) is 4. The molecule has 2 N–H and O–H groups in total. The maximum atomic E-state index is 6.07. The minimum atomic E-state index is 0.782. The van der Waals surface area contributed by atoms with Crippen LogP contribution < -0.4 is 5.73 Å². The highest BCUT2D eigenvalue weighted by Crippen LogP contribution is 2.32. The van der Waals surface area contributed by atoms with E-state index < -0.39 is 0 Å². The lowest BCUT2D eigenvalue weighted by atomic mass is 10.2. The number of fused-ring (bicyclic) bond motifs is 1. The van der Waals surface area contributed by atoms with E-state index in [2.05, 4.69) is 22.4 Å². The fourth-order valence-corrected chi connectivity index (χ4v) is 2.82. The van der Waals surface area contributed by atoms with Crippen molar-refractivity contribution in [3.05, 3.63) is 29.3 Å². The molecule has 0 aliphatic carbocycles. The van der Waals surface area contributed by atoms with Crippen LogP contribution in [0.25, 0.3) is 21.6 Å². The molecule has 3 heterocycles. The van der Waals surface area contributed by atoms with E-state index in [1.807, 2.05) is 19.2 Å². The fraction of sp³-hybridized carbons (Fsp3) is 0.167. The summed E-state index contributed by atoms with van der Waals surface area (Å²) in [7, 11) is 1.90. The predicted molar refractivity (Wildman–Crippen MR) is 71.0 cm³/mol. The van der Waals surface area contributed by atoms with Crippen LogP contribution in [-0.2, 0) is 7.05 Å². The van der Waals surface area contributed by atoms with E-state index in [1.165, 1.54) is 5.56 Å². The van der Waals surface area contributed by atoms with Gasteiger partial charge in [0, 0.05) is 13.2 Å². The summed E-state index contributed by atoms with van der Waals surface area (Å²) < 4.78 is 2.86. The first-order chi connectivity index (χ1) is 8.16. The van der Waals surface area contributed by atoms with Gasteiger partial charge in [-0.05, 0) is 30.0 Å². The molecular formula is C12H12N4S. The predicted octanol–water partition coefficient (Wildman–Crippen LogP) is 2.59. The molecule has 0 bridgehead atoms. The Kier molecular flexibility index (Phi) is 2.16. The maximum absolute atomic E-state index is 6.07. The molecule has 0 spiro atoms. The number of thiophene rings is 1. The van der Waals surface area contributed by atoms with Gasteiger partial charge in [0.15, 0.2) is 0 Å². The van der Waals surface area contributed by atoms with Gasteiger partial charge in [-0.3, -0.25) is 4.68 Å². The smallest absolute Gasteiger partial charge is 0.0911 e. The van der Waals surface area contributed by atoms with E-state index in [0.29, 0.717) is 0 Å². The number of nitrogen functional groups attached to an aromatic ring is 1. The van der Waals surface area contributed by atoms with E-state index in [0.717, 1.165) is 27.3 Å². The van der Waals surface area contributed by atoms with Crippen LogP contribution in [0.15, 0.2) is 23.7 Å². The molecule has 3 rings (SSSR count). The van der Waals surface area contributed by atoms with Gasteiger partial charge < -0.3 is 5.73 Å². The third-order valence-electron chi connectivity index (χ3n) is 2.81. The number of aromatic nitrogens is 3. The van der Waals surface area contributed by atoms with E-state index in [4.69, 9.17) is 5.73 Å². The van der Waals surface area contributed by atoms with Crippen molar-refractivity contribution < 1.29 is 0 Å². The van der Waals surface area contributed by atoms with Crippen molar-refractivity contribution in [2.45, 2.75) is 6.92 Å². The second-order valence-electron chi connectivity index (χ2n) is 4.03. The van der Waals surface area contributed by atoms with E-state index in [-0.39, 0.29) is 0 Å². The minimum Gasteiger partial charge on any atom is -0.397 e. The number of anilines is 1. The van der Waals surface area contributed by atoms with Crippen molar-refractivity contribution in [2.75, 3.05) is 5.73 Å². The molecule has 0 amide bonds. The molecule has 5 heteroatoms. The molecule has 3 aromatic heterocycles. The topological polar surface area (TPSA) is 56.7 Å². The molecule has 0 aromatic carbocycles. The molecular weight excluding hydrogens is 232 g/mol. The largest absolute Gasteiger partial charge is 0.397 e. The SMILES string of the molecule is Cc1csc2c(N)cc(-c3ccnn3C)nc12. The van der Waals surface area contributed by atoms with Crippen LogP contribution in [0, 0.1) is 6.92 Å². The highest BCUT2D eigenvalue weighted by atomic mass is 32.1. The van der Waals surface area contributed by atoms with Gasteiger partial charge >= 0.3 is 0 Å². The third kappa shape index (κ3) is 1.51. The molecule has 0 saturated carbocycles. The Hall–Kier alpha value is -1.88. The quantitative estimate of drug-likeness (QED) is 0.715. The summed E-state index contributed by atoms with van der Waals surface area (Å²) in [6.45, 7) is 2.05. The molecule has 4 nitrogen and oxygen atoms in total. The number of pyridine rings is 1. The Morgan fingerprint density at radius 2 is 2.24 bits per heavy atom. The lowest BCUT2D eigenvalue weighted by Gasteiger charge is -2.04. The van der Waals surface area contributed by atoms with Crippen molar-refractivity contribution in [1.29, 1.82) is 0 Å². The van der Waals surface area contributed by atoms with E-state index >= 15 is 0 Å². The molecule has 17 heavy (non-hydrogen) atoms. The van der Waals surface area contributed by atoms with Crippen molar-refractivity contribution in [3.8, 4) is 11.4 Å². The maximum Gasteiger partial charge on any atom is 0.0911 e. The zero-order valence-corrected chi connectivity index (χ0v) is 10.5. The van der Waals surface area contributed by atoms with Crippen molar-refractivity contribution in [2.24, 2.45) is 7.05 Å². The number of aryl methyl sites for hydroxylation is 2. The minimum absolute atomic E-state index is 0.782. The Balaban J connectivity index is 2.32. The highest BCUT2D eigenvalue weighted by Gasteiger charge is 2.11. The summed E-state index contributed by atoms with van der Waals surface area (Å²) in [6.07, 6.45) is 1.76. The Labute approximate surface area is 103 Å². The monoisotopic (exact) mass is 244 g/mol. The van der Waals surface area contributed by atoms with Crippen molar-refractivity contribution in [1.82, 2.24) is 14.8 Å². The van der Waals surface area contributed by atoms with Gasteiger partial charge in [0.1, 0.15) is 0 Å². The van der Waals surface area contributed by atoms with Crippen LogP contribution in [0.5, 0.6) is 0 Å². The molecule has 0 radical (unpaired) electrons. The van der Waals surface area contributed by atoms with Crippen LogP contribution in [0.4, 0.5) is 5.69 Å². The molecule has 0 fully saturated rings. The molecule has 0 aliphatic heterocycles. The van der Waals surface area contributed by atoms with Gasteiger partial charge in [-0.1, -0.05) is 0 Å². The zero-order chi connectivity index (χ0) is 12.0. The zero-order valence-electron chi connectivity index (χ0n) is 9.64. The van der Waals surface area contributed by atoms with Crippen LogP contribution in [0.3, 0.4) is 0 Å². The highest BCUT2D eigenvalue weighted by molar-refractivity contribution is 7.18. The summed E-state index contributed by atoms with van der Waals surface area (Å²) in [5.41, 5.74) is 10.9. The van der Waals surface area contributed by atoms with E-state index in [9.17, 15) is 0 Å². The van der Waals surface area contributed by atoms with Gasteiger partial charge in [-0.15, -0.1) is 11.3 Å². The Bertz CT molecular complexity index is 696. The Morgan fingerprint density at radius 1 is 1.41 bits per heavy atom. The number of nitrogens with two attached hydrogens (primary N) is 1. The second kappa shape index (κ2) is 3.56. The first kappa shape index (κ1) is 10.3. The molecule has 0 aliphatic rings. The fourth-order valence-electron chi connectivity index (χ4n) is 1.90. The lowest BCUT2D eigenvalue weighted by molar-refractivity contribution is 0.774. The van der Waals surface area contributed by atoms with Crippen LogP contribution in [-0.4, -0.2) is 14.8 Å². The van der Waals surface area contributed by atoms with Crippen LogP contribution >= 0.6 is 11.3 Å². The first-order valence-electron chi connectivity index (χ1n) is 5.29. The molecule has 86 valence electrons. The molecule has 3 aromatic rings. The third-order valence-corrected chi connectivity index (χ3v) is 3.95. The van der Waals surface area contributed by atoms with E-state index in [1.54, 1.807) is 22.2 Å².